The molecule has 0 spiro atoms. The Bertz CT molecular complexity index is 1050. The van der Waals surface area contributed by atoms with E-state index < -0.39 is 6.23 Å². The maximum absolute atomic E-state index is 13.0. The number of aldehydes is 1. The summed E-state index contributed by atoms with van der Waals surface area (Å²) in [6.07, 6.45) is 0.545. The Morgan fingerprint density at radius 3 is 1.82 bits per heavy atom. The Labute approximate surface area is 194 Å². The van der Waals surface area contributed by atoms with Crippen LogP contribution >= 0.6 is 0 Å². The van der Waals surface area contributed by atoms with Crippen LogP contribution in [0.1, 0.15) is 21.5 Å². The Kier molecular flexibility index (Phi) is 8.36. The highest BCUT2D eigenvalue weighted by atomic mass is 16.5. The molecule has 6 nitrogen and oxygen atoms in total. The molecule has 0 N–H and O–H groups in total. The minimum absolute atomic E-state index is 0.0741. The lowest BCUT2D eigenvalue weighted by molar-refractivity contribution is -0.141. The van der Waals surface area contributed by atoms with Gasteiger partial charge in [0.2, 0.25) is 11.8 Å². The van der Waals surface area contributed by atoms with E-state index in [1.54, 1.807) is 43.3 Å². The summed E-state index contributed by atoms with van der Waals surface area (Å²) in [6, 6.07) is 25.6. The Morgan fingerprint density at radius 1 is 0.788 bits per heavy atom. The lowest BCUT2D eigenvalue weighted by Crippen LogP contribution is -2.49. The molecule has 6 heteroatoms. The Morgan fingerprint density at radius 2 is 1.30 bits per heavy atom. The molecule has 1 unspecified atom stereocenters. The highest BCUT2D eigenvalue weighted by molar-refractivity contribution is 5.80. The van der Waals surface area contributed by atoms with E-state index in [1.165, 1.54) is 4.90 Å². The van der Waals surface area contributed by atoms with Crippen molar-refractivity contribution in [1.29, 1.82) is 0 Å². The minimum Gasteiger partial charge on any atom is -0.469 e. The summed E-state index contributed by atoms with van der Waals surface area (Å²) < 4.78 is 6.10. The van der Waals surface area contributed by atoms with Crippen LogP contribution in [0.2, 0.25) is 0 Å². The number of hydrogen-bond acceptors (Lipinski definition) is 4. The summed E-state index contributed by atoms with van der Waals surface area (Å²) in [5, 5.41) is 0. The van der Waals surface area contributed by atoms with E-state index in [2.05, 4.69) is 0 Å². The van der Waals surface area contributed by atoms with Gasteiger partial charge in [0, 0.05) is 19.7 Å². The van der Waals surface area contributed by atoms with E-state index in [4.69, 9.17) is 4.74 Å². The Balaban J connectivity index is 1.73. The van der Waals surface area contributed by atoms with E-state index in [0.29, 0.717) is 11.3 Å². The summed E-state index contributed by atoms with van der Waals surface area (Å²) in [7, 11) is 3.37. The fraction of sp³-hybridized carbons (Fsp3) is 0.222. The number of carbonyl (C=O) groups is 3. The average molecular weight is 445 g/mol. The van der Waals surface area contributed by atoms with Crippen molar-refractivity contribution in [1.82, 2.24) is 9.80 Å². The van der Waals surface area contributed by atoms with Crippen molar-refractivity contribution in [3.8, 4) is 5.75 Å². The zero-order chi connectivity index (χ0) is 23.6. The number of hydrogen-bond donors (Lipinski definition) is 0. The van der Waals surface area contributed by atoms with Gasteiger partial charge in [-0.3, -0.25) is 14.4 Å². The van der Waals surface area contributed by atoms with Crippen molar-refractivity contribution >= 4 is 18.1 Å². The van der Waals surface area contributed by atoms with Crippen LogP contribution in [0.3, 0.4) is 0 Å². The van der Waals surface area contributed by atoms with Gasteiger partial charge in [0.05, 0.1) is 19.4 Å². The molecule has 0 aromatic heterocycles. The van der Waals surface area contributed by atoms with Crippen molar-refractivity contribution < 1.29 is 19.1 Å². The summed E-state index contributed by atoms with van der Waals surface area (Å²) >= 11 is 0. The highest BCUT2D eigenvalue weighted by Crippen LogP contribution is 2.16. The van der Waals surface area contributed by atoms with Crippen molar-refractivity contribution in [2.24, 2.45) is 0 Å². The largest absolute Gasteiger partial charge is 0.469 e. The van der Waals surface area contributed by atoms with Crippen molar-refractivity contribution in [3.05, 3.63) is 102 Å². The van der Waals surface area contributed by atoms with E-state index in [9.17, 15) is 14.4 Å². The molecular formula is C27H28N2O4. The smallest absolute Gasteiger partial charge is 0.229 e. The third-order valence-corrected chi connectivity index (χ3v) is 5.37. The Hall–Kier alpha value is -3.93. The van der Waals surface area contributed by atoms with Gasteiger partial charge in [-0.15, -0.1) is 0 Å². The maximum atomic E-state index is 13.0. The first kappa shape index (κ1) is 23.7. The van der Waals surface area contributed by atoms with Crippen LogP contribution in [0.25, 0.3) is 0 Å². The fourth-order valence-electron chi connectivity index (χ4n) is 3.32. The zero-order valence-corrected chi connectivity index (χ0v) is 18.9. The summed E-state index contributed by atoms with van der Waals surface area (Å²) in [5.74, 6) is 0.309. The molecule has 0 aliphatic carbocycles. The predicted molar refractivity (Wildman–Crippen MR) is 127 cm³/mol. The van der Waals surface area contributed by atoms with E-state index in [0.717, 1.165) is 17.4 Å². The molecule has 3 rings (SSSR count). The molecule has 170 valence electrons. The van der Waals surface area contributed by atoms with Crippen molar-refractivity contribution in [2.45, 2.75) is 19.1 Å². The van der Waals surface area contributed by atoms with Gasteiger partial charge in [-0.2, -0.15) is 0 Å². The van der Waals surface area contributed by atoms with Crippen molar-refractivity contribution in [3.63, 3.8) is 0 Å². The van der Waals surface area contributed by atoms with Crippen LogP contribution in [0, 0.1) is 0 Å². The fourth-order valence-corrected chi connectivity index (χ4v) is 3.32. The summed E-state index contributed by atoms with van der Waals surface area (Å²) in [5.41, 5.74) is 2.35. The number of amides is 2. The number of ether oxygens (including phenoxy) is 1. The SMILES string of the molecule is CN(CC(Oc1ccc(C=O)cc1)N(C)C(=O)Cc1ccccc1)C(=O)Cc1ccccc1. The summed E-state index contributed by atoms with van der Waals surface area (Å²) in [4.78, 5) is 39.8. The van der Waals surface area contributed by atoms with E-state index >= 15 is 0 Å². The molecule has 2 amide bonds. The molecular weight excluding hydrogens is 416 g/mol. The van der Waals surface area contributed by atoms with Crippen LogP contribution in [0.4, 0.5) is 0 Å². The van der Waals surface area contributed by atoms with Crippen LogP contribution < -0.4 is 4.74 Å². The predicted octanol–water partition coefficient (Wildman–Crippen LogP) is 3.61. The lowest BCUT2D eigenvalue weighted by atomic mass is 10.1. The number of likely N-dealkylation sites (N-methyl/N-ethyl adjacent to an activating group) is 2. The van der Waals surface area contributed by atoms with Crippen LogP contribution in [0.15, 0.2) is 84.9 Å². The topological polar surface area (TPSA) is 66.9 Å². The molecule has 0 radical (unpaired) electrons. The first-order valence-corrected chi connectivity index (χ1v) is 10.8. The second kappa shape index (κ2) is 11.6. The first-order chi connectivity index (χ1) is 16.0. The van der Waals surface area contributed by atoms with E-state index in [-0.39, 0.29) is 31.2 Å². The molecule has 0 heterocycles. The second-order valence-electron chi connectivity index (χ2n) is 7.86. The molecule has 33 heavy (non-hydrogen) atoms. The molecule has 0 saturated heterocycles. The molecule has 3 aromatic rings. The minimum atomic E-state index is -0.701. The van der Waals surface area contributed by atoms with Crippen molar-refractivity contribution in [2.75, 3.05) is 20.6 Å². The number of benzene rings is 3. The van der Waals surface area contributed by atoms with Gasteiger partial charge < -0.3 is 14.5 Å². The maximum Gasteiger partial charge on any atom is 0.229 e. The molecule has 0 aliphatic rings. The van der Waals surface area contributed by atoms with Gasteiger partial charge in [-0.25, -0.2) is 0 Å². The summed E-state index contributed by atoms with van der Waals surface area (Å²) in [6.45, 7) is 0.193. The van der Waals surface area contributed by atoms with Gasteiger partial charge in [0.15, 0.2) is 6.23 Å². The van der Waals surface area contributed by atoms with Crippen LogP contribution in [-0.2, 0) is 22.4 Å². The van der Waals surface area contributed by atoms with Gasteiger partial charge in [-0.1, -0.05) is 60.7 Å². The molecule has 3 aromatic carbocycles. The van der Waals surface area contributed by atoms with Crippen LogP contribution in [0.5, 0.6) is 5.75 Å². The molecule has 0 aliphatic heterocycles. The van der Waals surface area contributed by atoms with Gasteiger partial charge >= 0.3 is 0 Å². The highest BCUT2D eigenvalue weighted by Gasteiger charge is 2.25. The molecule has 0 saturated carbocycles. The number of nitrogens with zero attached hydrogens (tertiary/aromatic N) is 2. The number of rotatable bonds is 10. The molecule has 0 bridgehead atoms. The molecule has 0 fully saturated rings. The third kappa shape index (κ3) is 7.04. The molecule has 1 atom stereocenters. The zero-order valence-electron chi connectivity index (χ0n) is 18.9. The quantitative estimate of drug-likeness (QED) is 0.354. The van der Waals surface area contributed by atoms with E-state index in [1.807, 2.05) is 60.7 Å². The normalized spacial score (nSPS) is 11.3. The average Bonchev–Trinajstić information content (AvgIpc) is 2.84. The standard InChI is InChI=1S/C27H28N2O4/c1-28(25(31)17-21-9-5-3-6-10-21)19-27(33-24-15-13-23(20-30)14-16-24)29(2)26(32)18-22-11-7-4-8-12-22/h3-16,20,27H,17-19H2,1-2H3. The number of carbonyl (C=O) groups excluding carboxylic acids is 3. The first-order valence-electron chi connectivity index (χ1n) is 10.8. The van der Waals surface area contributed by atoms with Crippen LogP contribution in [-0.4, -0.2) is 54.8 Å². The van der Waals surface area contributed by atoms with Gasteiger partial charge in [0.25, 0.3) is 0 Å². The third-order valence-electron chi connectivity index (χ3n) is 5.37. The lowest BCUT2D eigenvalue weighted by Gasteiger charge is -2.32. The van der Waals surface area contributed by atoms with Gasteiger partial charge in [0.1, 0.15) is 12.0 Å². The van der Waals surface area contributed by atoms with Gasteiger partial charge in [-0.05, 0) is 35.4 Å². The second-order valence-corrected chi connectivity index (χ2v) is 7.86. The monoisotopic (exact) mass is 444 g/mol.